The lowest BCUT2D eigenvalue weighted by Crippen LogP contribution is -2.13. The molecule has 8 heteroatoms. The molecule has 3 aromatic heterocycles. The highest BCUT2D eigenvalue weighted by Crippen LogP contribution is 2.27. The van der Waals surface area contributed by atoms with E-state index < -0.39 is 0 Å². The van der Waals surface area contributed by atoms with Crippen molar-refractivity contribution in [2.45, 2.75) is 19.9 Å². The summed E-state index contributed by atoms with van der Waals surface area (Å²) >= 11 is 3.44. The molecule has 0 spiro atoms. The second-order valence-corrected chi connectivity index (χ2v) is 7.17. The standard InChI is InChI=1S/C19H17BrN6O/c1-11(2)26-10-21-25-18(26)14-8-5-9-15(22-14)24-19(27)16-12-6-3-4-7-13(12)23-17(16)20/h3-11,23H,1-2H3,(H,22,24,27). The van der Waals surface area contributed by atoms with Crippen LogP contribution in [0.5, 0.6) is 0 Å². The SMILES string of the molecule is CC(C)n1cnnc1-c1cccc(NC(=O)c2c(Br)[nH]c3ccccc23)n1. The number of carbonyl (C=O) groups excluding carboxylic acids is 1. The van der Waals surface area contributed by atoms with E-state index in [1.54, 1.807) is 12.4 Å². The summed E-state index contributed by atoms with van der Waals surface area (Å²) in [6.07, 6.45) is 1.68. The van der Waals surface area contributed by atoms with Crippen LogP contribution in [-0.2, 0) is 0 Å². The number of aromatic nitrogens is 5. The number of para-hydroxylation sites is 1. The summed E-state index contributed by atoms with van der Waals surface area (Å²) in [4.78, 5) is 20.5. The quantitative estimate of drug-likeness (QED) is 0.507. The van der Waals surface area contributed by atoms with Gasteiger partial charge in [0.1, 0.15) is 17.8 Å². The Morgan fingerprint density at radius 1 is 1.19 bits per heavy atom. The minimum atomic E-state index is -0.241. The topological polar surface area (TPSA) is 88.5 Å². The van der Waals surface area contributed by atoms with E-state index in [4.69, 9.17) is 0 Å². The molecule has 0 fully saturated rings. The molecule has 136 valence electrons. The van der Waals surface area contributed by atoms with Gasteiger partial charge in [0.15, 0.2) is 5.82 Å². The van der Waals surface area contributed by atoms with Gasteiger partial charge in [0.25, 0.3) is 5.91 Å². The van der Waals surface area contributed by atoms with Gasteiger partial charge in [-0.15, -0.1) is 10.2 Å². The zero-order valence-corrected chi connectivity index (χ0v) is 16.4. The molecule has 0 unspecified atom stereocenters. The average molecular weight is 425 g/mol. The number of benzene rings is 1. The number of anilines is 1. The van der Waals surface area contributed by atoms with E-state index in [1.165, 1.54) is 0 Å². The average Bonchev–Trinajstić information content (AvgIpc) is 3.25. The third kappa shape index (κ3) is 3.23. The molecule has 4 rings (SSSR count). The van der Waals surface area contributed by atoms with Crippen LogP contribution < -0.4 is 5.32 Å². The first-order valence-electron chi connectivity index (χ1n) is 8.49. The summed E-state index contributed by atoms with van der Waals surface area (Å²) in [5, 5.41) is 11.8. The fraction of sp³-hybridized carbons (Fsp3) is 0.158. The zero-order valence-electron chi connectivity index (χ0n) is 14.8. The third-order valence-corrected chi connectivity index (χ3v) is 4.83. The number of H-pyrrole nitrogens is 1. The van der Waals surface area contributed by atoms with Gasteiger partial charge in [-0.3, -0.25) is 4.79 Å². The van der Waals surface area contributed by atoms with E-state index in [1.807, 2.05) is 54.8 Å². The van der Waals surface area contributed by atoms with Gasteiger partial charge in [-0.1, -0.05) is 24.3 Å². The van der Waals surface area contributed by atoms with Crippen molar-refractivity contribution in [2.24, 2.45) is 0 Å². The Morgan fingerprint density at radius 2 is 2.00 bits per heavy atom. The summed E-state index contributed by atoms with van der Waals surface area (Å²) in [7, 11) is 0. The summed E-state index contributed by atoms with van der Waals surface area (Å²) in [5.41, 5.74) is 2.08. The monoisotopic (exact) mass is 424 g/mol. The molecule has 0 saturated carbocycles. The summed E-state index contributed by atoms with van der Waals surface area (Å²) in [5.74, 6) is 0.872. The first-order chi connectivity index (χ1) is 13.0. The van der Waals surface area contributed by atoms with Gasteiger partial charge in [0.2, 0.25) is 0 Å². The number of aromatic amines is 1. The van der Waals surface area contributed by atoms with Crippen molar-refractivity contribution in [1.29, 1.82) is 0 Å². The number of amides is 1. The van der Waals surface area contributed by atoms with Crippen molar-refractivity contribution in [3.05, 3.63) is 59.0 Å². The van der Waals surface area contributed by atoms with Gasteiger partial charge in [-0.05, 0) is 48.0 Å². The lowest BCUT2D eigenvalue weighted by molar-refractivity contribution is 0.102. The summed E-state index contributed by atoms with van der Waals surface area (Å²) in [6.45, 7) is 4.10. The molecule has 1 aromatic carbocycles. The van der Waals surface area contributed by atoms with Crippen LogP contribution in [0.3, 0.4) is 0 Å². The molecule has 0 saturated heterocycles. The molecule has 0 aliphatic carbocycles. The Morgan fingerprint density at radius 3 is 2.81 bits per heavy atom. The van der Waals surface area contributed by atoms with Gasteiger partial charge in [0, 0.05) is 16.9 Å². The molecule has 0 radical (unpaired) electrons. The van der Waals surface area contributed by atoms with Gasteiger partial charge in [0.05, 0.1) is 10.2 Å². The van der Waals surface area contributed by atoms with Crippen LogP contribution in [0.4, 0.5) is 5.82 Å². The lowest BCUT2D eigenvalue weighted by atomic mass is 10.1. The van der Waals surface area contributed by atoms with Crippen molar-refractivity contribution in [3.63, 3.8) is 0 Å². The van der Waals surface area contributed by atoms with Crippen LogP contribution in [-0.4, -0.2) is 30.6 Å². The second kappa shape index (κ2) is 6.96. The Bertz CT molecular complexity index is 1130. The number of carbonyl (C=O) groups is 1. The van der Waals surface area contributed by atoms with E-state index in [9.17, 15) is 4.79 Å². The molecule has 0 bridgehead atoms. The number of fused-ring (bicyclic) bond motifs is 1. The number of hydrogen-bond donors (Lipinski definition) is 2. The molecule has 0 aliphatic rings. The maximum atomic E-state index is 12.8. The normalized spacial score (nSPS) is 11.3. The summed E-state index contributed by atoms with van der Waals surface area (Å²) in [6, 6.07) is 13.3. The number of halogens is 1. The Balaban J connectivity index is 1.66. The van der Waals surface area contributed by atoms with Gasteiger partial charge < -0.3 is 14.9 Å². The van der Waals surface area contributed by atoms with Crippen molar-refractivity contribution in [2.75, 3.05) is 5.32 Å². The first kappa shape index (κ1) is 17.4. The Kier molecular flexibility index (Phi) is 4.49. The van der Waals surface area contributed by atoms with Gasteiger partial charge >= 0.3 is 0 Å². The van der Waals surface area contributed by atoms with Crippen molar-refractivity contribution < 1.29 is 4.79 Å². The highest BCUT2D eigenvalue weighted by Gasteiger charge is 2.18. The maximum Gasteiger partial charge on any atom is 0.260 e. The number of rotatable bonds is 4. The van der Waals surface area contributed by atoms with Crippen LogP contribution in [0, 0.1) is 0 Å². The van der Waals surface area contributed by atoms with Crippen molar-refractivity contribution in [1.82, 2.24) is 24.7 Å². The number of nitrogens with one attached hydrogen (secondary N) is 2. The van der Waals surface area contributed by atoms with Crippen LogP contribution in [0.1, 0.15) is 30.2 Å². The van der Waals surface area contributed by atoms with E-state index in [0.717, 1.165) is 10.9 Å². The van der Waals surface area contributed by atoms with E-state index in [2.05, 4.69) is 41.4 Å². The highest BCUT2D eigenvalue weighted by molar-refractivity contribution is 9.10. The molecular formula is C19H17BrN6O. The fourth-order valence-electron chi connectivity index (χ4n) is 2.94. The van der Waals surface area contributed by atoms with Crippen LogP contribution in [0.2, 0.25) is 0 Å². The Hall–Kier alpha value is -3.00. The smallest absolute Gasteiger partial charge is 0.260 e. The Labute approximate surface area is 164 Å². The van der Waals surface area contributed by atoms with Crippen molar-refractivity contribution in [3.8, 4) is 11.5 Å². The van der Waals surface area contributed by atoms with Crippen molar-refractivity contribution >= 4 is 38.6 Å². The second-order valence-electron chi connectivity index (χ2n) is 6.38. The molecule has 2 N–H and O–H groups in total. The predicted octanol–water partition coefficient (Wildman–Crippen LogP) is 4.42. The lowest BCUT2D eigenvalue weighted by Gasteiger charge is -2.10. The van der Waals surface area contributed by atoms with Crippen LogP contribution in [0.25, 0.3) is 22.4 Å². The minimum absolute atomic E-state index is 0.206. The molecule has 3 heterocycles. The van der Waals surface area contributed by atoms with Gasteiger partial charge in [-0.2, -0.15) is 0 Å². The van der Waals surface area contributed by atoms with Gasteiger partial charge in [-0.25, -0.2) is 4.98 Å². The first-order valence-corrected chi connectivity index (χ1v) is 9.28. The highest BCUT2D eigenvalue weighted by atomic mass is 79.9. The molecule has 27 heavy (non-hydrogen) atoms. The molecule has 4 aromatic rings. The molecule has 1 amide bonds. The molecular weight excluding hydrogens is 408 g/mol. The van der Waals surface area contributed by atoms with Crippen LogP contribution in [0.15, 0.2) is 53.4 Å². The molecule has 0 atom stereocenters. The number of hydrogen-bond acceptors (Lipinski definition) is 4. The predicted molar refractivity (Wildman–Crippen MR) is 108 cm³/mol. The number of pyridine rings is 1. The van der Waals surface area contributed by atoms with E-state index in [-0.39, 0.29) is 11.9 Å². The number of nitrogens with zero attached hydrogens (tertiary/aromatic N) is 4. The third-order valence-electron chi connectivity index (χ3n) is 4.24. The van der Waals surface area contributed by atoms with E-state index in [0.29, 0.717) is 27.5 Å². The molecule has 0 aliphatic heterocycles. The van der Waals surface area contributed by atoms with E-state index >= 15 is 0 Å². The zero-order chi connectivity index (χ0) is 19.0. The molecule has 7 nitrogen and oxygen atoms in total. The largest absolute Gasteiger partial charge is 0.349 e. The fourth-order valence-corrected chi connectivity index (χ4v) is 3.55. The minimum Gasteiger partial charge on any atom is -0.349 e. The maximum absolute atomic E-state index is 12.8. The summed E-state index contributed by atoms with van der Waals surface area (Å²) < 4.78 is 2.57. The van der Waals surface area contributed by atoms with Crippen LogP contribution >= 0.6 is 15.9 Å².